The first-order chi connectivity index (χ1) is 15.1. The highest BCUT2D eigenvalue weighted by molar-refractivity contribution is 8.32. The van der Waals surface area contributed by atoms with Crippen LogP contribution in [-0.2, 0) is 19.9 Å². The Labute approximate surface area is 187 Å². The van der Waals surface area contributed by atoms with E-state index in [4.69, 9.17) is 4.42 Å². The zero-order valence-electron chi connectivity index (χ0n) is 17.1. The fourth-order valence-electron chi connectivity index (χ4n) is 3.22. The van der Waals surface area contributed by atoms with Crippen LogP contribution in [0, 0.1) is 0 Å². The van der Waals surface area contributed by atoms with Gasteiger partial charge in [0.15, 0.2) is 5.76 Å². The Morgan fingerprint density at radius 3 is 2.39 bits per heavy atom. The van der Waals surface area contributed by atoms with Crippen LogP contribution < -0.4 is 0 Å². The van der Waals surface area contributed by atoms with E-state index in [1.807, 2.05) is 0 Å². The van der Waals surface area contributed by atoms with Crippen molar-refractivity contribution in [1.29, 1.82) is 0 Å². The molecule has 6 nitrogen and oxygen atoms in total. The number of carbonyl (C=O) groups is 1. The van der Waals surface area contributed by atoms with Crippen molar-refractivity contribution in [2.75, 3.05) is 30.9 Å². The lowest BCUT2D eigenvalue weighted by Gasteiger charge is -2.33. The topological polar surface area (TPSA) is 76.8 Å². The van der Waals surface area contributed by atoms with E-state index in [2.05, 4.69) is 3.63 Å². The van der Waals surface area contributed by atoms with E-state index < -0.39 is 43.6 Å². The van der Waals surface area contributed by atoms with Crippen LogP contribution in [0.2, 0.25) is 0 Å². The Morgan fingerprint density at radius 2 is 1.76 bits per heavy atom. The number of nitrogens with zero attached hydrogens (tertiary/aromatic N) is 1. The number of rotatable bonds is 4. The molecule has 1 saturated heterocycles. The fourth-order valence-corrected chi connectivity index (χ4v) is 7.35. The molecule has 0 bridgehead atoms. The third kappa shape index (κ3) is 5.84. The number of amides is 1. The lowest BCUT2D eigenvalue weighted by atomic mass is 10.1. The van der Waals surface area contributed by atoms with Crippen LogP contribution in [0.5, 0.6) is 0 Å². The average Bonchev–Trinajstić information content (AvgIpc) is 3.11. The molecule has 0 saturated carbocycles. The number of hydrogen-bond acceptors (Lipinski definition) is 5. The Hall–Kier alpha value is -2.19. The summed E-state index contributed by atoms with van der Waals surface area (Å²) in [6.45, 7) is 0.0497. The summed E-state index contributed by atoms with van der Waals surface area (Å²) in [6, 6.07) is 7.01. The molecule has 1 aliphatic rings. The number of alkyl halides is 6. The molecule has 33 heavy (non-hydrogen) atoms. The molecular formula is C19H19F6NO5S2. The van der Waals surface area contributed by atoms with Crippen molar-refractivity contribution in [2.45, 2.75) is 18.1 Å². The number of benzene rings is 1. The van der Waals surface area contributed by atoms with Crippen molar-refractivity contribution in [3.63, 3.8) is 0 Å². The number of carbonyl (C=O) groups excluding carboxylic acids is 1. The van der Waals surface area contributed by atoms with Gasteiger partial charge in [0, 0.05) is 30.2 Å². The third-order valence-electron chi connectivity index (χ3n) is 4.91. The monoisotopic (exact) mass is 519 g/mol. The summed E-state index contributed by atoms with van der Waals surface area (Å²) in [5, 5.41) is 0. The highest BCUT2D eigenvalue weighted by atomic mass is 32.3. The molecule has 1 aliphatic heterocycles. The van der Waals surface area contributed by atoms with Gasteiger partial charge in [-0.25, -0.2) is 3.63 Å². The minimum absolute atomic E-state index is 0.0364. The zero-order chi connectivity index (χ0) is 24.7. The summed E-state index contributed by atoms with van der Waals surface area (Å²) in [5.74, 6) is -0.802. The largest absolute Gasteiger partial charge is 0.523 e. The first kappa shape index (κ1) is 25.4. The average molecular weight is 519 g/mol. The van der Waals surface area contributed by atoms with Gasteiger partial charge in [0.2, 0.25) is 0 Å². The Bertz CT molecular complexity index is 1130. The van der Waals surface area contributed by atoms with Gasteiger partial charge >= 0.3 is 21.8 Å². The molecule has 1 unspecified atom stereocenters. The minimum Gasteiger partial charge on any atom is -0.451 e. The van der Waals surface area contributed by atoms with Crippen LogP contribution in [0.25, 0.3) is 11.3 Å². The second kappa shape index (κ2) is 8.87. The maximum Gasteiger partial charge on any atom is 0.523 e. The second-order valence-corrected chi connectivity index (χ2v) is 12.5. The molecule has 1 fully saturated rings. The van der Waals surface area contributed by atoms with Crippen molar-refractivity contribution in [1.82, 2.24) is 4.90 Å². The van der Waals surface area contributed by atoms with Gasteiger partial charge in [0.05, 0.1) is 5.56 Å². The number of furan rings is 1. The van der Waals surface area contributed by atoms with E-state index in [1.54, 1.807) is 0 Å². The summed E-state index contributed by atoms with van der Waals surface area (Å²) in [7, 11) is -8.43. The molecule has 0 radical (unpaired) electrons. The molecular weight excluding hydrogens is 500 g/mol. The van der Waals surface area contributed by atoms with E-state index in [-0.39, 0.29) is 48.1 Å². The summed E-state index contributed by atoms with van der Waals surface area (Å²) >= 11 is 0. The van der Waals surface area contributed by atoms with Crippen LogP contribution in [0.3, 0.4) is 0 Å². The highest BCUT2D eigenvalue weighted by Crippen LogP contribution is 2.51. The molecule has 0 aliphatic carbocycles. The molecule has 1 amide bonds. The van der Waals surface area contributed by atoms with Crippen LogP contribution in [0.4, 0.5) is 26.3 Å². The van der Waals surface area contributed by atoms with Gasteiger partial charge in [-0.2, -0.15) is 34.8 Å². The first-order valence-electron chi connectivity index (χ1n) is 9.44. The van der Waals surface area contributed by atoms with Gasteiger partial charge < -0.3 is 9.32 Å². The van der Waals surface area contributed by atoms with E-state index in [0.717, 1.165) is 12.1 Å². The van der Waals surface area contributed by atoms with Gasteiger partial charge in [0.25, 0.3) is 5.91 Å². The zero-order valence-corrected chi connectivity index (χ0v) is 18.7. The molecule has 1 atom stereocenters. The third-order valence-corrected chi connectivity index (χ3v) is 9.71. The van der Waals surface area contributed by atoms with Crippen LogP contribution in [0.1, 0.15) is 22.5 Å². The number of hydrogen-bond donors (Lipinski definition) is 0. The molecule has 1 aromatic heterocycles. The Morgan fingerprint density at radius 1 is 1.06 bits per heavy atom. The number of halogens is 6. The van der Waals surface area contributed by atoms with E-state index in [0.29, 0.717) is 0 Å². The fraction of sp³-hybridized carbons (Fsp3) is 0.421. The molecule has 14 heteroatoms. The van der Waals surface area contributed by atoms with Crippen LogP contribution in [-0.4, -0.2) is 55.6 Å². The maximum absolute atomic E-state index is 12.9. The van der Waals surface area contributed by atoms with Gasteiger partial charge in [-0.3, -0.25) is 4.79 Å². The van der Waals surface area contributed by atoms with Crippen LogP contribution in [0.15, 0.2) is 40.8 Å². The van der Waals surface area contributed by atoms with E-state index in [1.165, 1.54) is 35.4 Å². The predicted octanol–water partition coefficient (Wildman–Crippen LogP) is 5.03. The quantitative estimate of drug-likeness (QED) is 0.419. The van der Waals surface area contributed by atoms with Gasteiger partial charge in [-0.1, -0.05) is 12.1 Å². The van der Waals surface area contributed by atoms with Crippen molar-refractivity contribution in [3.05, 3.63) is 47.7 Å². The van der Waals surface area contributed by atoms with Gasteiger partial charge in [-0.15, -0.1) is 10.3 Å². The summed E-state index contributed by atoms with van der Waals surface area (Å²) in [4.78, 5) is 14.1. The molecule has 1 aromatic carbocycles. The van der Waals surface area contributed by atoms with E-state index >= 15 is 0 Å². The Balaban J connectivity index is 1.73. The summed E-state index contributed by atoms with van der Waals surface area (Å²) in [6.07, 6.45) is -3.04. The molecule has 184 valence electrons. The summed E-state index contributed by atoms with van der Waals surface area (Å²) in [5.41, 5.74) is -6.31. The Kier molecular flexibility index (Phi) is 6.84. The summed E-state index contributed by atoms with van der Waals surface area (Å²) < 4.78 is 110. The molecule has 2 aromatic rings. The smallest absolute Gasteiger partial charge is 0.451 e. The molecule has 0 N–H and O–H groups in total. The van der Waals surface area contributed by atoms with Crippen molar-refractivity contribution < 1.29 is 47.6 Å². The van der Waals surface area contributed by atoms with Gasteiger partial charge in [0.1, 0.15) is 5.76 Å². The second-order valence-electron chi connectivity index (χ2n) is 7.45. The molecule has 2 heterocycles. The normalized spacial score (nSPS) is 22.5. The molecule has 0 spiro atoms. The van der Waals surface area contributed by atoms with Gasteiger partial charge in [-0.05, 0) is 36.9 Å². The van der Waals surface area contributed by atoms with Crippen molar-refractivity contribution >= 4 is 26.3 Å². The predicted molar refractivity (Wildman–Crippen MR) is 109 cm³/mol. The lowest BCUT2D eigenvalue weighted by molar-refractivity contribution is -0.137. The van der Waals surface area contributed by atoms with Crippen molar-refractivity contribution in [3.8, 4) is 11.3 Å². The van der Waals surface area contributed by atoms with E-state index in [9.17, 15) is 39.6 Å². The highest BCUT2D eigenvalue weighted by Gasteiger charge is 2.50. The SMILES string of the molecule is CS1(OS(=O)(=O)C(F)(F)F)CCCN(C(=O)c2ccc(-c3cccc(C(F)(F)F)c3)o2)CC1. The van der Waals surface area contributed by atoms with Crippen molar-refractivity contribution in [2.24, 2.45) is 0 Å². The minimum atomic E-state index is -5.77. The van der Waals surface area contributed by atoms with Crippen LogP contribution >= 0.6 is 10.3 Å². The standard InChI is InChI=1S/C19H19F6NO5S2/c1-32(31-33(28,29)19(23,24)25)10-3-8-26(9-11-32)17(27)16-7-6-15(30-16)13-4-2-5-14(12-13)18(20,21)22/h2,4-7,12H,3,8-11H2,1H3. The lowest BCUT2D eigenvalue weighted by Crippen LogP contribution is -2.33. The maximum atomic E-state index is 12.9. The molecule has 3 rings (SSSR count). The first-order valence-corrected chi connectivity index (χ1v) is 13.2.